The van der Waals surface area contributed by atoms with E-state index in [0.29, 0.717) is 18.3 Å². The third-order valence-electron chi connectivity index (χ3n) is 5.70. The van der Waals surface area contributed by atoms with Crippen molar-refractivity contribution in [3.63, 3.8) is 0 Å². The Morgan fingerprint density at radius 3 is 2.04 bits per heavy atom. The Morgan fingerprint density at radius 1 is 1.04 bits per heavy atom. The molecular formula is C23H38NO2+. The van der Waals surface area contributed by atoms with Crippen LogP contribution < -0.4 is 9.64 Å². The Bertz CT molecular complexity index is 572. The first kappa shape index (κ1) is 21.0. The molecule has 1 fully saturated rings. The van der Waals surface area contributed by atoms with Crippen LogP contribution in [0.15, 0.2) is 18.2 Å². The number of quaternary nitrogens is 1. The van der Waals surface area contributed by atoms with E-state index in [1.807, 2.05) is 0 Å². The molecule has 1 aromatic rings. The van der Waals surface area contributed by atoms with Crippen molar-refractivity contribution >= 4 is 5.97 Å². The molecule has 1 N–H and O–H groups in total. The van der Waals surface area contributed by atoms with Gasteiger partial charge in [0.15, 0.2) is 0 Å². The first-order valence-corrected chi connectivity index (χ1v) is 10.4. The number of hydrogen-bond donors (Lipinski definition) is 1. The average molecular weight is 361 g/mol. The summed E-state index contributed by atoms with van der Waals surface area (Å²) in [5.74, 6) is 1.44. The van der Waals surface area contributed by atoms with Gasteiger partial charge in [0.25, 0.3) is 0 Å². The number of ether oxygens (including phenoxy) is 1. The standard InChI is InChI=1S/C23H37NO2/c1-17(2)19-11-10-12-20(18(3)4)22(19)26-21(25)15-23(16-24(5)6)13-8-7-9-14-23/h10-12,17-18H,7-9,13-16H2,1-6H3/p+1. The highest BCUT2D eigenvalue weighted by molar-refractivity contribution is 5.74. The van der Waals surface area contributed by atoms with Crippen LogP contribution in [0.1, 0.15) is 89.2 Å². The summed E-state index contributed by atoms with van der Waals surface area (Å²) in [6.45, 7) is 9.69. The fourth-order valence-corrected chi connectivity index (χ4v) is 4.52. The van der Waals surface area contributed by atoms with Gasteiger partial charge in [0.2, 0.25) is 0 Å². The maximum Gasteiger partial charge on any atom is 0.311 e. The van der Waals surface area contributed by atoms with E-state index in [-0.39, 0.29) is 11.4 Å². The minimum Gasteiger partial charge on any atom is -0.426 e. The molecule has 1 aliphatic carbocycles. The molecule has 3 nitrogen and oxygen atoms in total. The zero-order valence-corrected chi connectivity index (χ0v) is 17.7. The molecule has 0 aromatic heterocycles. The molecule has 0 bridgehead atoms. The van der Waals surface area contributed by atoms with Crippen LogP contribution in [-0.4, -0.2) is 26.6 Å². The molecule has 0 saturated heterocycles. The summed E-state index contributed by atoms with van der Waals surface area (Å²) < 4.78 is 6.06. The van der Waals surface area contributed by atoms with Gasteiger partial charge in [-0.05, 0) is 35.8 Å². The lowest BCUT2D eigenvalue weighted by molar-refractivity contribution is -0.866. The lowest BCUT2D eigenvalue weighted by Gasteiger charge is -2.36. The highest BCUT2D eigenvalue weighted by atomic mass is 16.5. The average Bonchev–Trinajstić information content (AvgIpc) is 2.54. The maximum atomic E-state index is 13.0. The number of rotatable bonds is 7. The van der Waals surface area contributed by atoms with E-state index in [1.54, 1.807) is 0 Å². The first-order valence-electron chi connectivity index (χ1n) is 10.4. The number of carbonyl (C=O) groups excluding carboxylic acids is 1. The first-order chi connectivity index (χ1) is 12.2. The highest BCUT2D eigenvalue weighted by Crippen LogP contribution is 2.40. The highest BCUT2D eigenvalue weighted by Gasteiger charge is 2.38. The van der Waals surface area contributed by atoms with Crippen LogP contribution in [0.3, 0.4) is 0 Å². The Hall–Kier alpha value is -1.35. The topological polar surface area (TPSA) is 30.7 Å². The molecule has 2 rings (SSSR count). The zero-order chi connectivity index (χ0) is 19.3. The van der Waals surface area contributed by atoms with Crippen LogP contribution in [0.25, 0.3) is 0 Å². The molecule has 146 valence electrons. The molecule has 0 atom stereocenters. The van der Waals surface area contributed by atoms with E-state index in [4.69, 9.17) is 4.74 Å². The van der Waals surface area contributed by atoms with Gasteiger partial charge in [-0.2, -0.15) is 0 Å². The molecule has 0 amide bonds. The Morgan fingerprint density at radius 2 is 1.58 bits per heavy atom. The van der Waals surface area contributed by atoms with Gasteiger partial charge in [0, 0.05) is 5.41 Å². The number of nitrogens with one attached hydrogen (secondary N) is 1. The van der Waals surface area contributed by atoms with E-state index in [9.17, 15) is 4.79 Å². The molecule has 0 heterocycles. The van der Waals surface area contributed by atoms with E-state index >= 15 is 0 Å². The predicted octanol–water partition coefficient (Wildman–Crippen LogP) is 4.32. The van der Waals surface area contributed by atoms with Crippen molar-refractivity contribution in [1.82, 2.24) is 0 Å². The molecule has 0 radical (unpaired) electrons. The van der Waals surface area contributed by atoms with Gasteiger partial charge in [0.05, 0.1) is 27.1 Å². The molecule has 3 heteroatoms. The van der Waals surface area contributed by atoms with Gasteiger partial charge in [-0.25, -0.2) is 0 Å². The summed E-state index contributed by atoms with van der Waals surface area (Å²) >= 11 is 0. The van der Waals surface area contributed by atoms with E-state index in [1.165, 1.54) is 24.2 Å². The molecule has 0 spiro atoms. The van der Waals surface area contributed by atoms with Crippen molar-refractivity contribution in [2.45, 2.75) is 78.1 Å². The summed E-state index contributed by atoms with van der Waals surface area (Å²) in [6, 6.07) is 6.28. The molecular weight excluding hydrogens is 322 g/mol. The molecule has 1 aromatic carbocycles. The van der Waals surface area contributed by atoms with Crippen LogP contribution in [0, 0.1) is 5.41 Å². The van der Waals surface area contributed by atoms with Crippen LogP contribution >= 0.6 is 0 Å². The zero-order valence-electron chi connectivity index (χ0n) is 17.7. The van der Waals surface area contributed by atoms with Crippen LogP contribution in [0.2, 0.25) is 0 Å². The SMILES string of the molecule is CC(C)c1cccc(C(C)C)c1OC(=O)CC1(C[NH+](C)C)CCCCC1. The largest absolute Gasteiger partial charge is 0.426 e. The molecule has 0 unspecified atom stereocenters. The summed E-state index contributed by atoms with van der Waals surface area (Å²) in [6.07, 6.45) is 6.61. The Kier molecular flexibility index (Phi) is 7.28. The fraction of sp³-hybridized carbons (Fsp3) is 0.696. The summed E-state index contributed by atoms with van der Waals surface area (Å²) in [7, 11) is 4.37. The summed E-state index contributed by atoms with van der Waals surface area (Å²) in [5, 5.41) is 0. The number of hydrogen-bond acceptors (Lipinski definition) is 2. The van der Waals surface area contributed by atoms with Crippen molar-refractivity contribution in [3.8, 4) is 5.75 Å². The van der Waals surface area contributed by atoms with Crippen LogP contribution in [0.5, 0.6) is 5.75 Å². The molecule has 1 saturated carbocycles. The van der Waals surface area contributed by atoms with Gasteiger partial charge in [-0.1, -0.05) is 65.2 Å². The lowest BCUT2D eigenvalue weighted by Crippen LogP contribution is -3.07. The second-order valence-corrected chi connectivity index (χ2v) is 9.17. The fourth-order valence-electron chi connectivity index (χ4n) is 4.52. The number of carbonyl (C=O) groups is 1. The Labute approximate surface area is 160 Å². The Balaban J connectivity index is 2.23. The van der Waals surface area contributed by atoms with E-state index < -0.39 is 0 Å². The van der Waals surface area contributed by atoms with Gasteiger partial charge in [-0.3, -0.25) is 4.79 Å². The van der Waals surface area contributed by atoms with Crippen LogP contribution in [-0.2, 0) is 4.79 Å². The van der Waals surface area contributed by atoms with Gasteiger partial charge in [-0.15, -0.1) is 0 Å². The lowest BCUT2D eigenvalue weighted by atomic mass is 9.71. The predicted molar refractivity (Wildman–Crippen MR) is 108 cm³/mol. The number of esters is 1. The monoisotopic (exact) mass is 360 g/mol. The van der Waals surface area contributed by atoms with Gasteiger partial charge < -0.3 is 9.64 Å². The van der Waals surface area contributed by atoms with Crippen molar-refractivity contribution in [3.05, 3.63) is 29.3 Å². The third kappa shape index (κ3) is 5.33. The smallest absolute Gasteiger partial charge is 0.311 e. The summed E-state index contributed by atoms with van der Waals surface area (Å²) in [5.41, 5.74) is 2.39. The molecule has 26 heavy (non-hydrogen) atoms. The molecule has 0 aliphatic heterocycles. The van der Waals surface area contributed by atoms with E-state index in [0.717, 1.165) is 36.3 Å². The van der Waals surface area contributed by atoms with Crippen molar-refractivity contribution in [1.29, 1.82) is 0 Å². The number of benzene rings is 1. The summed E-state index contributed by atoms with van der Waals surface area (Å²) in [4.78, 5) is 14.4. The normalized spacial score (nSPS) is 17.1. The van der Waals surface area contributed by atoms with Gasteiger partial charge >= 0.3 is 5.97 Å². The van der Waals surface area contributed by atoms with Crippen molar-refractivity contribution in [2.24, 2.45) is 5.41 Å². The molecule has 1 aliphatic rings. The van der Waals surface area contributed by atoms with Crippen molar-refractivity contribution < 1.29 is 14.4 Å². The van der Waals surface area contributed by atoms with Crippen LogP contribution in [0.4, 0.5) is 0 Å². The minimum absolute atomic E-state index is 0.0526. The number of para-hydroxylation sites is 1. The van der Waals surface area contributed by atoms with Crippen molar-refractivity contribution in [2.75, 3.05) is 20.6 Å². The second kappa shape index (κ2) is 9.03. The maximum absolute atomic E-state index is 13.0. The quantitative estimate of drug-likeness (QED) is 0.580. The second-order valence-electron chi connectivity index (χ2n) is 9.17. The van der Waals surface area contributed by atoms with Gasteiger partial charge in [0.1, 0.15) is 5.75 Å². The third-order valence-corrected chi connectivity index (χ3v) is 5.70. The minimum atomic E-state index is -0.0526. The van der Waals surface area contributed by atoms with E-state index in [2.05, 4.69) is 60.0 Å².